The number of ketones is 1. The van der Waals surface area contributed by atoms with E-state index in [1.54, 1.807) is 19.9 Å². The molecule has 0 spiro atoms. The van der Waals surface area contributed by atoms with Gasteiger partial charge in [-0.2, -0.15) is 0 Å². The summed E-state index contributed by atoms with van der Waals surface area (Å²) in [5.41, 5.74) is 6.35. The van der Waals surface area contributed by atoms with E-state index in [2.05, 4.69) is 0 Å². The largest absolute Gasteiger partial charge is 0.327 e. The van der Waals surface area contributed by atoms with Gasteiger partial charge in [-0.15, -0.1) is 0 Å². The first-order valence-electron chi connectivity index (χ1n) is 5.14. The molecule has 0 aromatic heterocycles. The first-order valence-corrected chi connectivity index (χ1v) is 5.52. The van der Waals surface area contributed by atoms with Gasteiger partial charge in [-0.3, -0.25) is 4.79 Å². The minimum atomic E-state index is -0.474. The van der Waals surface area contributed by atoms with Crippen molar-refractivity contribution in [2.45, 2.75) is 26.3 Å². The van der Waals surface area contributed by atoms with E-state index in [0.29, 0.717) is 5.56 Å². The summed E-state index contributed by atoms with van der Waals surface area (Å²) in [5, 5.41) is 0.0405. The molecule has 0 heterocycles. The highest BCUT2D eigenvalue weighted by molar-refractivity contribution is 6.30. The molecule has 1 rings (SSSR count). The fourth-order valence-electron chi connectivity index (χ4n) is 1.30. The van der Waals surface area contributed by atoms with Crippen LogP contribution >= 0.6 is 11.6 Å². The molecular weight excluding hydrogens is 229 g/mol. The van der Waals surface area contributed by atoms with Crippen LogP contribution < -0.4 is 5.73 Å². The molecule has 2 atom stereocenters. The lowest BCUT2D eigenvalue weighted by molar-refractivity contribution is -0.122. The lowest BCUT2D eigenvalue weighted by Crippen LogP contribution is -2.31. The molecule has 0 radical (unpaired) electrons. The van der Waals surface area contributed by atoms with Crippen LogP contribution in [0.3, 0.4) is 0 Å². The summed E-state index contributed by atoms with van der Waals surface area (Å²) in [6, 6.07) is 4.13. The summed E-state index contributed by atoms with van der Waals surface area (Å²) in [6.45, 7) is 3.58. The van der Waals surface area contributed by atoms with Gasteiger partial charge in [-0.25, -0.2) is 4.39 Å². The number of hydrogen-bond acceptors (Lipinski definition) is 2. The Balaban J connectivity index is 2.74. The molecule has 0 bridgehead atoms. The summed E-state index contributed by atoms with van der Waals surface area (Å²) < 4.78 is 12.9. The third kappa shape index (κ3) is 3.29. The standard InChI is InChI=1S/C12H15ClFNO/c1-7(8(2)15)12(16)6-9-3-4-11(14)10(13)5-9/h3-5,7-8H,6,15H2,1-2H3. The average molecular weight is 244 g/mol. The van der Waals surface area contributed by atoms with Crippen LogP contribution in [0.4, 0.5) is 4.39 Å². The number of carbonyl (C=O) groups is 1. The molecule has 4 heteroatoms. The minimum absolute atomic E-state index is 0.0395. The highest BCUT2D eigenvalue weighted by atomic mass is 35.5. The number of halogens is 2. The summed E-state index contributed by atoms with van der Waals surface area (Å²) in [4.78, 5) is 11.7. The van der Waals surface area contributed by atoms with Gasteiger partial charge in [0, 0.05) is 18.4 Å². The van der Waals surface area contributed by atoms with Gasteiger partial charge in [0.05, 0.1) is 5.02 Å². The molecular formula is C12H15ClFNO. The molecule has 16 heavy (non-hydrogen) atoms. The van der Waals surface area contributed by atoms with Crippen LogP contribution in [-0.4, -0.2) is 11.8 Å². The monoisotopic (exact) mass is 243 g/mol. The average Bonchev–Trinajstić information content (AvgIpc) is 2.22. The summed E-state index contributed by atoms with van der Waals surface area (Å²) >= 11 is 5.63. The van der Waals surface area contributed by atoms with E-state index >= 15 is 0 Å². The van der Waals surface area contributed by atoms with Crippen LogP contribution in [0, 0.1) is 11.7 Å². The third-order valence-electron chi connectivity index (χ3n) is 2.66. The molecule has 0 amide bonds. The third-order valence-corrected chi connectivity index (χ3v) is 2.95. The minimum Gasteiger partial charge on any atom is -0.327 e. The molecule has 0 saturated carbocycles. The van der Waals surface area contributed by atoms with Crippen molar-refractivity contribution in [3.05, 3.63) is 34.6 Å². The Bertz CT molecular complexity index is 393. The van der Waals surface area contributed by atoms with Crippen molar-refractivity contribution in [2.75, 3.05) is 0 Å². The maximum atomic E-state index is 12.9. The topological polar surface area (TPSA) is 43.1 Å². The molecule has 0 aliphatic rings. The van der Waals surface area contributed by atoms with Crippen molar-refractivity contribution in [1.29, 1.82) is 0 Å². The Hall–Kier alpha value is -0.930. The highest BCUT2D eigenvalue weighted by Crippen LogP contribution is 2.17. The van der Waals surface area contributed by atoms with Crippen molar-refractivity contribution in [2.24, 2.45) is 11.7 Å². The first kappa shape index (κ1) is 13.1. The predicted octanol–water partition coefficient (Wildman–Crippen LogP) is 2.57. The molecule has 2 unspecified atom stereocenters. The van der Waals surface area contributed by atoms with E-state index in [0.717, 1.165) is 0 Å². The van der Waals surface area contributed by atoms with Crippen LogP contribution in [0.15, 0.2) is 18.2 Å². The summed E-state index contributed by atoms with van der Waals surface area (Å²) in [6.07, 6.45) is 0.239. The van der Waals surface area contributed by atoms with E-state index in [1.807, 2.05) is 0 Å². The molecule has 0 saturated heterocycles. The quantitative estimate of drug-likeness (QED) is 0.883. The Morgan fingerprint density at radius 2 is 2.12 bits per heavy atom. The van der Waals surface area contributed by atoms with E-state index in [9.17, 15) is 9.18 Å². The zero-order chi connectivity index (χ0) is 12.3. The van der Waals surface area contributed by atoms with Crippen LogP contribution in [0.5, 0.6) is 0 Å². The maximum Gasteiger partial charge on any atom is 0.141 e. The Morgan fingerprint density at radius 3 is 2.62 bits per heavy atom. The fourth-order valence-corrected chi connectivity index (χ4v) is 1.51. The van der Waals surface area contributed by atoms with Gasteiger partial charge in [-0.05, 0) is 24.6 Å². The number of nitrogens with two attached hydrogens (primary N) is 1. The smallest absolute Gasteiger partial charge is 0.141 e. The molecule has 2 N–H and O–H groups in total. The fraction of sp³-hybridized carbons (Fsp3) is 0.417. The van der Waals surface area contributed by atoms with Crippen molar-refractivity contribution >= 4 is 17.4 Å². The second-order valence-corrected chi connectivity index (χ2v) is 4.45. The van der Waals surface area contributed by atoms with Crippen molar-refractivity contribution < 1.29 is 9.18 Å². The first-order chi connectivity index (χ1) is 7.41. The van der Waals surface area contributed by atoms with E-state index in [1.165, 1.54) is 12.1 Å². The zero-order valence-electron chi connectivity index (χ0n) is 9.34. The number of carbonyl (C=O) groups excluding carboxylic acids is 1. The lowest BCUT2D eigenvalue weighted by atomic mass is 9.94. The van der Waals surface area contributed by atoms with Crippen LogP contribution in [0.1, 0.15) is 19.4 Å². The van der Waals surface area contributed by atoms with Gasteiger partial charge < -0.3 is 5.73 Å². The zero-order valence-corrected chi connectivity index (χ0v) is 10.1. The van der Waals surface area contributed by atoms with Crippen molar-refractivity contribution in [3.8, 4) is 0 Å². The Labute approximate surface area is 99.6 Å². The molecule has 0 fully saturated rings. The van der Waals surface area contributed by atoms with E-state index in [-0.39, 0.29) is 29.2 Å². The molecule has 2 nitrogen and oxygen atoms in total. The van der Waals surface area contributed by atoms with Gasteiger partial charge in [0.25, 0.3) is 0 Å². The van der Waals surface area contributed by atoms with Crippen LogP contribution in [-0.2, 0) is 11.2 Å². The summed E-state index contributed by atoms with van der Waals surface area (Å²) in [7, 11) is 0. The molecule has 0 aliphatic heterocycles. The summed E-state index contributed by atoms with van der Waals surface area (Å²) in [5.74, 6) is -0.639. The Kier molecular flexibility index (Phi) is 4.44. The molecule has 88 valence electrons. The Morgan fingerprint density at radius 1 is 1.50 bits per heavy atom. The number of rotatable bonds is 4. The van der Waals surface area contributed by atoms with Gasteiger partial charge in [0.2, 0.25) is 0 Å². The SMILES string of the molecule is CC(N)C(C)C(=O)Cc1ccc(F)c(Cl)c1. The van der Waals surface area contributed by atoms with Gasteiger partial charge in [0.15, 0.2) is 0 Å². The van der Waals surface area contributed by atoms with Crippen LogP contribution in [0.25, 0.3) is 0 Å². The maximum absolute atomic E-state index is 12.9. The predicted molar refractivity (Wildman–Crippen MR) is 62.9 cm³/mol. The number of Topliss-reactive ketones (excluding diaryl/α,β-unsaturated/α-hetero) is 1. The van der Waals surface area contributed by atoms with Gasteiger partial charge in [-0.1, -0.05) is 24.6 Å². The molecule has 1 aromatic carbocycles. The number of benzene rings is 1. The highest BCUT2D eigenvalue weighted by Gasteiger charge is 2.17. The van der Waals surface area contributed by atoms with Gasteiger partial charge >= 0.3 is 0 Å². The van der Waals surface area contributed by atoms with E-state index < -0.39 is 5.82 Å². The lowest BCUT2D eigenvalue weighted by Gasteiger charge is -2.14. The number of hydrogen-bond donors (Lipinski definition) is 1. The second kappa shape index (κ2) is 5.41. The van der Waals surface area contributed by atoms with Crippen molar-refractivity contribution in [3.63, 3.8) is 0 Å². The van der Waals surface area contributed by atoms with Crippen molar-refractivity contribution in [1.82, 2.24) is 0 Å². The van der Waals surface area contributed by atoms with Crippen LogP contribution in [0.2, 0.25) is 5.02 Å². The normalized spacial score (nSPS) is 14.6. The molecule has 1 aromatic rings. The second-order valence-electron chi connectivity index (χ2n) is 4.04. The van der Waals surface area contributed by atoms with E-state index in [4.69, 9.17) is 17.3 Å². The van der Waals surface area contributed by atoms with Gasteiger partial charge in [0.1, 0.15) is 11.6 Å². The molecule has 0 aliphatic carbocycles.